The SMILES string of the molecule is CCN(CC)c1ccc(C(=C2C=CC(CC[NH3+])(CC[NH3+])C=C2)c2cccc(Nc3ccc([N+](=O)[O-])cc3[N+](=O)[O-])c2)c(S(=O)(=O)[O-])c1. The zero-order valence-corrected chi connectivity index (χ0v) is 27.2. The molecule has 0 saturated heterocycles. The lowest BCUT2D eigenvalue weighted by Gasteiger charge is -2.29. The first-order valence-electron chi connectivity index (χ1n) is 15.2. The van der Waals surface area contributed by atoms with Crippen LogP contribution in [0.4, 0.5) is 28.4 Å². The van der Waals surface area contributed by atoms with Gasteiger partial charge in [-0.1, -0.05) is 42.5 Å². The highest BCUT2D eigenvalue weighted by molar-refractivity contribution is 7.85. The van der Waals surface area contributed by atoms with Crippen LogP contribution in [0.15, 0.2) is 95.4 Å². The Kier molecular flexibility index (Phi) is 10.9. The fourth-order valence-corrected chi connectivity index (χ4v) is 6.60. The minimum atomic E-state index is -4.94. The lowest BCUT2D eigenvalue weighted by Crippen LogP contribution is -2.54. The van der Waals surface area contributed by atoms with Gasteiger partial charge < -0.3 is 26.2 Å². The molecule has 1 aliphatic carbocycles. The molecule has 14 heteroatoms. The molecule has 1 aliphatic rings. The van der Waals surface area contributed by atoms with E-state index in [1.807, 2.05) is 30.9 Å². The van der Waals surface area contributed by atoms with Gasteiger partial charge in [-0.3, -0.25) is 20.2 Å². The average Bonchev–Trinajstić information content (AvgIpc) is 3.03. The fraction of sp³-hybridized carbons (Fsp3) is 0.273. The van der Waals surface area contributed by atoms with Crippen molar-refractivity contribution in [2.75, 3.05) is 36.4 Å². The highest BCUT2D eigenvalue weighted by atomic mass is 32.2. The highest BCUT2D eigenvalue weighted by Gasteiger charge is 2.28. The van der Waals surface area contributed by atoms with Crippen LogP contribution in [0.3, 0.4) is 0 Å². The molecule has 0 bridgehead atoms. The van der Waals surface area contributed by atoms with E-state index in [0.29, 0.717) is 54.3 Å². The molecule has 3 aromatic carbocycles. The van der Waals surface area contributed by atoms with Crippen molar-refractivity contribution in [3.63, 3.8) is 0 Å². The van der Waals surface area contributed by atoms with Crippen molar-refractivity contribution in [1.29, 1.82) is 0 Å². The van der Waals surface area contributed by atoms with Gasteiger partial charge in [-0.2, -0.15) is 0 Å². The van der Waals surface area contributed by atoms with Crippen LogP contribution in [-0.2, 0) is 10.1 Å². The zero-order chi connectivity index (χ0) is 34.4. The second-order valence-corrected chi connectivity index (χ2v) is 12.5. The number of rotatable bonds is 14. The van der Waals surface area contributed by atoms with Gasteiger partial charge in [-0.05, 0) is 60.9 Å². The number of hydrogen-bond donors (Lipinski definition) is 3. The lowest BCUT2D eigenvalue weighted by molar-refractivity contribution is -0.393. The summed E-state index contributed by atoms with van der Waals surface area (Å²) in [4.78, 5) is 23.1. The van der Waals surface area contributed by atoms with Crippen molar-refractivity contribution in [3.05, 3.63) is 122 Å². The van der Waals surface area contributed by atoms with Crippen LogP contribution in [0.2, 0.25) is 0 Å². The third-order valence-electron chi connectivity index (χ3n) is 8.21. The molecular formula is C33H39N6O7S+. The van der Waals surface area contributed by atoms with E-state index in [0.717, 1.165) is 25.0 Å². The largest absolute Gasteiger partial charge is 0.744 e. The minimum absolute atomic E-state index is 0.0296. The molecule has 0 radical (unpaired) electrons. The predicted octanol–water partition coefficient (Wildman–Crippen LogP) is 4.18. The van der Waals surface area contributed by atoms with E-state index in [1.165, 1.54) is 12.1 Å². The smallest absolute Gasteiger partial charge is 0.299 e. The van der Waals surface area contributed by atoms with Gasteiger partial charge in [0.05, 0.1) is 33.9 Å². The Labute approximate surface area is 273 Å². The second kappa shape index (κ2) is 14.7. The molecule has 47 heavy (non-hydrogen) atoms. The Morgan fingerprint density at radius 1 is 0.894 bits per heavy atom. The molecule has 0 aromatic heterocycles. The van der Waals surface area contributed by atoms with Crippen LogP contribution >= 0.6 is 0 Å². The number of nitrogens with one attached hydrogen (secondary N) is 1. The summed E-state index contributed by atoms with van der Waals surface area (Å²) in [6.45, 7) is 6.49. The van der Waals surface area contributed by atoms with Crippen molar-refractivity contribution in [2.24, 2.45) is 5.41 Å². The van der Waals surface area contributed by atoms with Gasteiger partial charge in [0.1, 0.15) is 15.8 Å². The molecule has 0 spiro atoms. The topological polar surface area (TPSA) is 214 Å². The summed E-state index contributed by atoms with van der Waals surface area (Å²) in [5.41, 5.74) is 9.76. The van der Waals surface area contributed by atoms with Crippen LogP contribution in [0, 0.1) is 25.6 Å². The van der Waals surface area contributed by atoms with Gasteiger partial charge in [0.15, 0.2) is 0 Å². The first kappa shape index (κ1) is 35.0. The van der Waals surface area contributed by atoms with Crippen LogP contribution in [0.5, 0.6) is 0 Å². The quantitative estimate of drug-likeness (QED) is 0.128. The van der Waals surface area contributed by atoms with Crippen LogP contribution < -0.4 is 21.7 Å². The summed E-state index contributed by atoms with van der Waals surface area (Å²) in [7, 11) is -4.94. The van der Waals surface area contributed by atoms with Crippen molar-refractivity contribution in [3.8, 4) is 0 Å². The molecule has 0 unspecified atom stereocenters. The maximum Gasteiger partial charge on any atom is 0.299 e. The maximum atomic E-state index is 12.8. The molecular weight excluding hydrogens is 624 g/mol. The van der Waals surface area contributed by atoms with Crippen LogP contribution in [0.1, 0.15) is 37.8 Å². The number of allylic oxidation sites excluding steroid dienone is 5. The van der Waals surface area contributed by atoms with Crippen molar-refractivity contribution in [1.82, 2.24) is 0 Å². The monoisotopic (exact) mass is 663 g/mol. The summed E-state index contributed by atoms with van der Waals surface area (Å²) in [6, 6.07) is 14.9. The number of hydrogen-bond acceptors (Lipinski definition) is 9. The number of non-ortho nitro benzene ring substituents is 1. The van der Waals surface area contributed by atoms with Crippen LogP contribution in [-0.4, -0.2) is 49.0 Å². The predicted molar refractivity (Wildman–Crippen MR) is 179 cm³/mol. The number of nitro groups is 2. The average molecular weight is 664 g/mol. The van der Waals surface area contributed by atoms with Gasteiger partial charge in [-0.25, -0.2) is 8.42 Å². The molecule has 0 heterocycles. The van der Waals surface area contributed by atoms with E-state index in [1.54, 1.807) is 36.4 Å². The molecule has 0 amide bonds. The Hall–Kier alpha value is -4.89. The minimum Gasteiger partial charge on any atom is -0.744 e. The molecule has 0 saturated carbocycles. The van der Waals surface area contributed by atoms with Crippen molar-refractivity contribution in [2.45, 2.75) is 31.6 Å². The van der Waals surface area contributed by atoms with E-state index in [2.05, 4.69) is 28.9 Å². The van der Waals surface area contributed by atoms with E-state index in [-0.39, 0.29) is 21.6 Å². The van der Waals surface area contributed by atoms with E-state index >= 15 is 0 Å². The molecule has 4 rings (SSSR count). The Morgan fingerprint density at radius 3 is 2.11 bits per heavy atom. The molecule has 7 N–H and O–H groups in total. The van der Waals surface area contributed by atoms with Crippen molar-refractivity contribution >= 4 is 44.1 Å². The molecule has 13 nitrogen and oxygen atoms in total. The van der Waals surface area contributed by atoms with Gasteiger partial charge in [-0.15, -0.1) is 0 Å². The summed E-state index contributed by atoms with van der Waals surface area (Å²) < 4.78 is 38.4. The summed E-state index contributed by atoms with van der Waals surface area (Å²) >= 11 is 0. The molecule has 3 aromatic rings. The van der Waals surface area contributed by atoms with Gasteiger partial charge in [0.25, 0.3) is 11.4 Å². The highest BCUT2D eigenvalue weighted by Crippen LogP contribution is 2.41. The zero-order valence-electron chi connectivity index (χ0n) is 26.3. The van der Waals surface area contributed by atoms with Crippen LogP contribution in [0.25, 0.3) is 5.57 Å². The van der Waals surface area contributed by atoms with Gasteiger partial charge in [0, 0.05) is 54.4 Å². The fourth-order valence-electron chi connectivity index (χ4n) is 5.89. The van der Waals surface area contributed by atoms with Crippen molar-refractivity contribution < 1.29 is 34.3 Å². The molecule has 248 valence electrons. The normalized spacial score (nSPS) is 13.8. The van der Waals surface area contributed by atoms with E-state index < -0.39 is 31.3 Å². The number of anilines is 3. The number of benzene rings is 3. The summed E-state index contributed by atoms with van der Waals surface area (Å²) in [5, 5.41) is 26.0. The van der Waals surface area contributed by atoms with E-state index in [4.69, 9.17) is 0 Å². The number of nitro benzene ring substituents is 2. The lowest BCUT2D eigenvalue weighted by atomic mass is 9.76. The standard InChI is InChI=1S/C33H38N6O7S/c1-3-37(4-2)26-8-10-28(31(22-26)47(44,45)46)32(23-12-14-33(15-13-23,16-18-34)17-19-35)24-6-5-7-25(20-24)36-29-11-9-27(38(40)41)21-30(29)39(42)43/h5-15,20-22,36H,3-4,16-19,34-35H2,1-2H3,(H,44,45,46)/p+1. The molecule has 0 fully saturated rings. The van der Waals surface area contributed by atoms with Gasteiger partial charge in [0.2, 0.25) is 0 Å². The third kappa shape index (κ3) is 7.92. The number of nitrogens with zero attached hydrogens (tertiary/aromatic N) is 3. The first-order chi connectivity index (χ1) is 22.4. The molecule has 0 atom stereocenters. The summed E-state index contributed by atoms with van der Waals surface area (Å²) in [5.74, 6) is 0. The van der Waals surface area contributed by atoms with E-state index in [9.17, 15) is 33.2 Å². The third-order valence-corrected chi connectivity index (χ3v) is 9.09. The summed E-state index contributed by atoms with van der Waals surface area (Å²) in [6.07, 6.45) is 9.56. The van der Waals surface area contributed by atoms with Gasteiger partial charge >= 0.3 is 0 Å². The maximum absolute atomic E-state index is 12.8. The first-order valence-corrected chi connectivity index (χ1v) is 16.6. The Balaban J connectivity index is 1.94. The Morgan fingerprint density at radius 2 is 1.55 bits per heavy atom. The Bertz CT molecular complexity index is 1840. The number of quaternary nitrogens is 2. The second-order valence-electron chi connectivity index (χ2n) is 11.2. The molecule has 0 aliphatic heterocycles.